The molecule has 104 valence electrons. The summed E-state index contributed by atoms with van der Waals surface area (Å²) in [7, 11) is 4.09. The Morgan fingerprint density at radius 1 is 1.47 bits per heavy atom. The summed E-state index contributed by atoms with van der Waals surface area (Å²) in [6, 6.07) is -0.190. The molecule has 0 fully saturated rings. The molecule has 0 aliphatic carbocycles. The molecule has 0 aliphatic heterocycles. The van der Waals surface area contributed by atoms with E-state index in [1.54, 1.807) is 17.5 Å². The van der Waals surface area contributed by atoms with Crippen molar-refractivity contribution in [1.29, 1.82) is 0 Å². The van der Waals surface area contributed by atoms with Gasteiger partial charge in [0.25, 0.3) is 0 Å². The van der Waals surface area contributed by atoms with Crippen LogP contribution >= 0.6 is 27.3 Å². The quantitative estimate of drug-likeness (QED) is 0.902. The maximum Gasteiger partial charge on any atom is 0.0897 e. The molecule has 1 unspecified atom stereocenters. The Morgan fingerprint density at radius 2 is 2.21 bits per heavy atom. The molecule has 0 bridgehead atoms. The van der Waals surface area contributed by atoms with Gasteiger partial charge < -0.3 is 10.6 Å². The predicted molar refractivity (Wildman–Crippen MR) is 81.4 cm³/mol. The molecule has 7 heteroatoms. The summed E-state index contributed by atoms with van der Waals surface area (Å²) in [6.07, 6.45) is 3.65. The lowest BCUT2D eigenvalue weighted by Crippen LogP contribution is -2.23. The number of aryl methyl sites for hydroxylation is 1. The second-order valence-electron chi connectivity index (χ2n) is 4.66. The summed E-state index contributed by atoms with van der Waals surface area (Å²) in [6.45, 7) is 3.73. The number of hydrogen-bond acceptors (Lipinski definition) is 5. The van der Waals surface area contributed by atoms with Crippen LogP contribution in [0.5, 0.6) is 0 Å². The van der Waals surface area contributed by atoms with Crippen molar-refractivity contribution in [3.05, 3.63) is 32.4 Å². The average Bonchev–Trinajstić information content (AvgIpc) is 2.92. The first-order valence-corrected chi connectivity index (χ1v) is 7.64. The third-order valence-electron chi connectivity index (χ3n) is 2.83. The van der Waals surface area contributed by atoms with Gasteiger partial charge in [0.15, 0.2) is 0 Å². The average molecular weight is 344 g/mol. The molecule has 0 aromatic carbocycles. The van der Waals surface area contributed by atoms with E-state index >= 15 is 0 Å². The van der Waals surface area contributed by atoms with Crippen molar-refractivity contribution in [2.75, 3.05) is 20.6 Å². The summed E-state index contributed by atoms with van der Waals surface area (Å²) in [5, 5.41) is 5.42. The topological polar surface area (TPSA) is 60.0 Å². The maximum atomic E-state index is 6.35. The highest BCUT2D eigenvalue weighted by Gasteiger charge is 2.20. The molecule has 0 saturated carbocycles. The largest absolute Gasteiger partial charge is 0.318 e. The van der Waals surface area contributed by atoms with Crippen LogP contribution in [0.1, 0.15) is 21.6 Å². The molecule has 0 spiro atoms. The van der Waals surface area contributed by atoms with Crippen molar-refractivity contribution in [1.82, 2.24) is 19.7 Å². The van der Waals surface area contributed by atoms with Gasteiger partial charge in [-0.05, 0) is 36.9 Å². The van der Waals surface area contributed by atoms with E-state index < -0.39 is 0 Å². The number of rotatable bonds is 5. The summed E-state index contributed by atoms with van der Waals surface area (Å²) >= 11 is 5.16. The van der Waals surface area contributed by atoms with Crippen LogP contribution in [0.25, 0.3) is 0 Å². The van der Waals surface area contributed by atoms with Gasteiger partial charge in [0.1, 0.15) is 0 Å². The highest BCUT2D eigenvalue weighted by Crippen LogP contribution is 2.29. The number of nitrogens with zero attached hydrogens (tertiary/aromatic N) is 4. The molecule has 19 heavy (non-hydrogen) atoms. The number of hydrogen-bond donors (Lipinski definition) is 1. The zero-order valence-corrected chi connectivity index (χ0v) is 13.7. The normalized spacial score (nSPS) is 13.2. The molecule has 2 aromatic heterocycles. The van der Waals surface area contributed by atoms with E-state index in [-0.39, 0.29) is 6.04 Å². The maximum absolute atomic E-state index is 6.35. The standard InChI is InChI=1S/C12H18BrN5S/c1-8-15-7-10(19-8)11(14)12-9(13)6-16-18(12)5-4-17(2)3/h6-7,11H,4-5,14H2,1-3H3. The lowest BCUT2D eigenvalue weighted by molar-refractivity contribution is 0.368. The lowest BCUT2D eigenvalue weighted by Gasteiger charge is -2.15. The minimum Gasteiger partial charge on any atom is -0.318 e. The Labute approximate surface area is 125 Å². The van der Waals surface area contributed by atoms with E-state index in [4.69, 9.17) is 5.73 Å². The summed E-state index contributed by atoms with van der Waals surface area (Å²) < 4.78 is 2.91. The van der Waals surface area contributed by atoms with Crippen LogP contribution in [0.2, 0.25) is 0 Å². The SMILES string of the molecule is Cc1ncc(C(N)c2c(Br)cnn2CCN(C)C)s1. The van der Waals surface area contributed by atoms with Crippen LogP contribution in [-0.4, -0.2) is 40.3 Å². The fourth-order valence-electron chi connectivity index (χ4n) is 1.81. The van der Waals surface area contributed by atoms with Crippen molar-refractivity contribution in [2.24, 2.45) is 5.73 Å². The summed E-state index contributed by atoms with van der Waals surface area (Å²) in [5.41, 5.74) is 7.35. The molecular weight excluding hydrogens is 326 g/mol. The first-order chi connectivity index (χ1) is 8.99. The van der Waals surface area contributed by atoms with E-state index in [0.29, 0.717) is 0 Å². The van der Waals surface area contributed by atoms with Crippen molar-refractivity contribution in [3.8, 4) is 0 Å². The summed E-state index contributed by atoms with van der Waals surface area (Å²) in [4.78, 5) is 7.45. The van der Waals surface area contributed by atoms with Gasteiger partial charge in [-0.3, -0.25) is 4.68 Å². The van der Waals surface area contributed by atoms with Crippen molar-refractivity contribution < 1.29 is 0 Å². The number of aromatic nitrogens is 3. The van der Waals surface area contributed by atoms with Crippen molar-refractivity contribution in [2.45, 2.75) is 19.5 Å². The first kappa shape index (κ1) is 14.6. The van der Waals surface area contributed by atoms with Gasteiger partial charge in [0, 0.05) is 17.6 Å². The fraction of sp³-hybridized carbons (Fsp3) is 0.500. The van der Waals surface area contributed by atoms with E-state index in [2.05, 4.69) is 30.9 Å². The molecule has 1 atom stereocenters. The van der Waals surface area contributed by atoms with Crippen LogP contribution in [0.3, 0.4) is 0 Å². The van der Waals surface area contributed by atoms with Gasteiger partial charge in [-0.15, -0.1) is 11.3 Å². The molecule has 0 aliphatic rings. The van der Waals surface area contributed by atoms with E-state index in [9.17, 15) is 0 Å². The monoisotopic (exact) mass is 343 g/mol. The molecule has 0 amide bonds. The van der Waals surface area contributed by atoms with Crippen LogP contribution in [0.15, 0.2) is 16.9 Å². The van der Waals surface area contributed by atoms with Crippen LogP contribution < -0.4 is 5.73 Å². The van der Waals surface area contributed by atoms with Gasteiger partial charge >= 0.3 is 0 Å². The van der Waals surface area contributed by atoms with Crippen LogP contribution in [-0.2, 0) is 6.54 Å². The Hall–Kier alpha value is -0.760. The smallest absolute Gasteiger partial charge is 0.0897 e. The molecule has 0 saturated heterocycles. The van der Waals surface area contributed by atoms with E-state index in [1.807, 2.05) is 31.9 Å². The second-order valence-corrected chi connectivity index (χ2v) is 6.78. The van der Waals surface area contributed by atoms with Gasteiger partial charge in [-0.1, -0.05) is 0 Å². The molecule has 2 aromatic rings. The highest BCUT2D eigenvalue weighted by atomic mass is 79.9. The summed E-state index contributed by atoms with van der Waals surface area (Å²) in [5.74, 6) is 0. The molecular formula is C12H18BrN5S. The van der Waals surface area contributed by atoms with Crippen molar-refractivity contribution in [3.63, 3.8) is 0 Å². The molecule has 2 rings (SSSR count). The molecule has 0 radical (unpaired) electrons. The Balaban J connectivity index is 2.25. The third kappa shape index (κ3) is 3.42. The van der Waals surface area contributed by atoms with Crippen LogP contribution in [0.4, 0.5) is 0 Å². The van der Waals surface area contributed by atoms with E-state index in [1.165, 1.54) is 0 Å². The number of likely N-dealkylation sites (N-methyl/N-ethyl adjacent to an activating group) is 1. The third-order valence-corrected chi connectivity index (χ3v) is 4.44. The number of halogens is 1. The Kier molecular flexibility index (Phi) is 4.72. The number of thiazole rings is 1. The number of nitrogens with two attached hydrogens (primary N) is 1. The highest BCUT2D eigenvalue weighted by molar-refractivity contribution is 9.10. The molecule has 2 heterocycles. The van der Waals surface area contributed by atoms with Gasteiger partial charge in [-0.25, -0.2) is 4.98 Å². The van der Waals surface area contributed by atoms with Crippen molar-refractivity contribution >= 4 is 27.3 Å². The van der Waals surface area contributed by atoms with E-state index in [0.717, 1.165) is 33.1 Å². The lowest BCUT2D eigenvalue weighted by atomic mass is 10.2. The minimum absolute atomic E-state index is 0.190. The van der Waals surface area contributed by atoms with Gasteiger partial charge in [0.2, 0.25) is 0 Å². The molecule has 5 nitrogen and oxygen atoms in total. The Morgan fingerprint density at radius 3 is 2.79 bits per heavy atom. The predicted octanol–water partition coefficient (Wildman–Crippen LogP) is 2.02. The zero-order chi connectivity index (χ0) is 14.0. The molecule has 2 N–H and O–H groups in total. The Bertz CT molecular complexity index is 548. The van der Waals surface area contributed by atoms with Crippen LogP contribution in [0, 0.1) is 6.92 Å². The van der Waals surface area contributed by atoms with Gasteiger partial charge in [-0.2, -0.15) is 5.10 Å². The first-order valence-electron chi connectivity index (χ1n) is 6.03. The minimum atomic E-state index is -0.190. The second kappa shape index (κ2) is 6.13. The van der Waals surface area contributed by atoms with Gasteiger partial charge in [0.05, 0.1) is 34.0 Å². The zero-order valence-electron chi connectivity index (χ0n) is 11.3. The fourth-order valence-corrected chi connectivity index (χ4v) is 3.14.